The van der Waals surface area contributed by atoms with E-state index in [4.69, 9.17) is 4.74 Å². The van der Waals surface area contributed by atoms with Crippen molar-refractivity contribution in [2.24, 2.45) is 0 Å². The van der Waals surface area contributed by atoms with Gasteiger partial charge in [0.15, 0.2) is 6.17 Å². The van der Waals surface area contributed by atoms with Crippen LogP contribution in [0.25, 0.3) is 0 Å². The highest BCUT2D eigenvalue weighted by Gasteiger charge is 2.47. The van der Waals surface area contributed by atoms with Crippen LogP contribution < -0.4 is 4.74 Å². The van der Waals surface area contributed by atoms with E-state index in [-0.39, 0.29) is 11.5 Å². The van der Waals surface area contributed by atoms with Gasteiger partial charge in [-0.25, -0.2) is 13.2 Å². The van der Waals surface area contributed by atoms with Gasteiger partial charge < -0.3 is 9.84 Å². The summed E-state index contributed by atoms with van der Waals surface area (Å²) < 4.78 is 83.6. The van der Waals surface area contributed by atoms with Crippen molar-refractivity contribution in [3.63, 3.8) is 0 Å². The maximum atomic E-state index is 13.7. The molecule has 3 rings (SSSR count). The van der Waals surface area contributed by atoms with E-state index in [9.17, 15) is 31.4 Å². The molecule has 0 saturated carbocycles. The quantitative estimate of drug-likeness (QED) is 0.797. The molecule has 0 radical (unpaired) electrons. The van der Waals surface area contributed by atoms with Crippen molar-refractivity contribution in [2.45, 2.75) is 18.5 Å². The van der Waals surface area contributed by atoms with Crippen molar-refractivity contribution in [2.75, 3.05) is 0 Å². The Labute approximate surface area is 125 Å². The molecular formula is C15H8F6O2. The summed E-state index contributed by atoms with van der Waals surface area (Å²) in [7, 11) is 0. The van der Waals surface area contributed by atoms with E-state index in [0.29, 0.717) is 12.1 Å². The number of halogens is 6. The van der Waals surface area contributed by atoms with Crippen molar-refractivity contribution < 1.29 is 36.2 Å². The molecule has 1 aliphatic rings. The molecule has 2 nitrogen and oxygen atoms in total. The summed E-state index contributed by atoms with van der Waals surface area (Å²) in [4.78, 5) is 0. The second kappa shape index (κ2) is 5.16. The van der Waals surface area contributed by atoms with Gasteiger partial charge in [0.05, 0.1) is 5.56 Å². The second-order valence-corrected chi connectivity index (χ2v) is 4.99. The third kappa shape index (κ3) is 2.63. The van der Waals surface area contributed by atoms with Crippen molar-refractivity contribution in [1.82, 2.24) is 0 Å². The summed E-state index contributed by atoms with van der Waals surface area (Å²) in [5, 5.41) is 9.44. The molecule has 0 fully saturated rings. The number of alkyl halides is 4. The number of hydrogen-bond acceptors (Lipinski definition) is 2. The van der Waals surface area contributed by atoms with Gasteiger partial charge in [0.25, 0.3) is 0 Å². The number of hydrogen-bond donors (Lipinski definition) is 1. The zero-order valence-corrected chi connectivity index (χ0v) is 11.2. The highest BCUT2D eigenvalue weighted by molar-refractivity contribution is 5.56. The first-order valence-corrected chi connectivity index (χ1v) is 6.38. The monoisotopic (exact) mass is 334 g/mol. The number of benzene rings is 2. The van der Waals surface area contributed by atoms with Crippen LogP contribution in [-0.4, -0.2) is 5.11 Å². The van der Waals surface area contributed by atoms with E-state index >= 15 is 0 Å². The van der Waals surface area contributed by atoms with Crippen LogP contribution >= 0.6 is 0 Å². The molecule has 0 bridgehead atoms. The van der Waals surface area contributed by atoms with Gasteiger partial charge in [0.1, 0.15) is 29.2 Å². The lowest BCUT2D eigenvalue weighted by atomic mass is 9.79. The molecule has 8 heteroatoms. The number of aliphatic hydroxyl groups excluding tert-OH is 1. The summed E-state index contributed by atoms with van der Waals surface area (Å²) in [5.74, 6) is -2.58. The van der Waals surface area contributed by atoms with Crippen LogP contribution in [0.15, 0.2) is 30.3 Å². The van der Waals surface area contributed by atoms with Crippen LogP contribution in [0.2, 0.25) is 0 Å². The van der Waals surface area contributed by atoms with Crippen molar-refractivity contribution in [3.05, 3.63) is 58.7 Å². The average molecular weight is 334 g/mol. The Morgan fingerprint density at radius 2 is 1.57 bits per heavy atom. The van der Waals surface area contributed by atoms with Gasteiger partial charge in [-0.1, -0.05) is 0 Å². The number of ether oxygens (including phenoxy) is 1. The molecular weight excluding hydrogens is 326 g/mol. The minimum atomic E-state index is -4.77. The number of aliphatic hydroxyl groups is 1. The fourth-order valence-electron chi connectivity index (χ4n) is 2.48. The minimum Gasteiger partial charge on any atom is -0.457 e. The molecule has 0 heterocycles. The number of fused-ring (bicyclic) bond motifs is 1. The summed E-state index contributed by atoms with van der Waals surface area (Å²) in [6.45, 7) is 0. The maximum Gasteiger partial charge on any atom is 0.416 e. The molecule has 23 heavy (non-hydrogen) atoms. The predicted octanol–water partition coefficient (Wildman–Crippen LogP) is 4.83. The Morgan fingerprint density at radius 3 is 2.13 bits per heavy atom. The maximum absolute atomic E-state index is 13.7. The van der Waals surface area contributed by atoms with E-state index in [1.165, 1.54) is 0 Å². The van der Waals surface area contributed by atoms with Crippen molar-refractivity contribution in [3.8, 4) is 11.5 Å². The normalized spacial score (nSPS) is 20.0. The third-order valence-electron chi connectivity index (χ3n) is 3.47. The van der Waals surface area contributed by atoms with E-state index in [1.54, 1.807) is 0 Å². The summed E-state index contributed by atoms with van der Waals surface area (Å²) in [6, 6.07) is 3.66. The van der Waals surface area contributed by atoms with Crippen molar-refractivity contribution >= 4 is 0 Å². The zero-order valence-electron chi connectivity index (χ0n) is 11.2. The van der Waals surface area contributed by atoms with Gasteiger partial charge in [-0.3, -0.25) is 0 Å². The van der Waals surface area contributed by atoms with Gasteiger partial charge in [-0.15, -0.1) is 0 Å². The molecule has 122 valence electrons. The fraction of sp³-hybridized carbons (Fsp3) is 0.200. The highest BCUT2D eigenvalue weighted by Crippen LogP contribution is 2.55. The van der Waals surface area contributed by atoms with E-state index in [0.717, 1.165) is 18.2 Å². The molecule has 2 aromatic carbocycles. The van der Waals surface area contributed by atoms with Crippen LogP contribution in [0.5, 0.6) is 11.5 Å². The Morgan fingerprint density at radius 1 is 0.957 bits per heavy atom. The fourth-order valence-corrected chi connectivity index (χ4v) is 2.48. The van der Waals surface area contributed by atoms with Crippen LogP contribution in [0.3, 0.4) is 0 Å². The standard InChI is InChI=1S/C15H8F6O2/c16-6-3-7(17)5-8(4-6)23-10-2-1-9(15(19,20)21)11-12(10)13(18)14(11)22/h1-5,13-14,22H. The molecule has 2 atom stereocenters. The van der Waals surface area contributed by atoms with E-state index in [2.05, 4.69) is 0 Å². The summed E-state index contributed by atoms with van der Waals surface area (Å²) in [6.07, 6.45) is -8.76. The lowest BCUT2D eigenvalue weighted by Gasteiger charge is -2.34. The van der Waals surface area contributed by atoms with Gasteiger partial charge in [-0.2, -0.15) is 13.2 Å². The Hall–Kier alpha value is -2.22. The molecule has 1 N–H and O–H groups in total. The third-order valence-corrected chi connectivity index (χ3v) is 3.47. The summed E-state index contributed by atoms with van der Waals surface area (Å²) in [5.41, 5.74) is -2.27. The Balaban J connectivity index is 2.05. The van der Waals surface area contributed by atoms with Crippen LogP contribution in [0, 0.1) is 11.6 Å². The molecule has 2 aromatic rings. The SMILES string of the molecule is OC1c2c(C(F)(F)F)ccc(Oc3cc(F)cc(F)c3)c2C1F. The lowest BCUT2D eigenvalue weighted by Crippen LogP contribution is -2.26. The smallest absolute Gasteiger partial charge is 0.416 e. The lowest BCUT2D eigenvalue weighted by molar-refractivity contribution is -0.141. The zero-order chi connectivity index (χ0) is 16.9. The van der Waals surface area contributed by atoms with E-state index in [1.807, 2.05) is 0 Å². The topological polar surface area (TPSA) is 29.5 Å². The first-order chi connectivity index (χ1) is 10.7. The summed E-state index contributed by atoms with van der Waals surface area (Å²) >= 11 is 0. The van der Waals surface area contributed by atoms with Gasteiger partial charge in [-0.05, 0) is 12.1 Å². The Bertz CT molecular complexity index is 751. The molecule has 0 aromatic heterocycles. The molecule has 2 unspecified atom stereocenters. The predicted molar refractivity (Wildman–Crippen MR) is 66.7 cm³/mol. The molecule has 1 aliphatic carbocycles. The minimum absolute atomic E-state index is 0.335. The molecule has 0 amide bonds. The molecule has 0 spiro atoms. The highest BCUT2D eigenvalue weighted by atomic mass is 19.4. The molecule has 0 saturated heterocycles. The van der Waals surface area contributed by atoms with Crippen LogP contribution in [0.1, 0.15) is 29.0 Å². The van der Waals surface area contributed by atoms with Crippen LogP contribution in [0.4, 0.5) is 26.3 Å². The second-order valence-electron chi connectivity index (χ2n) is 4.99. The first-order valence-electron chi connectivity index (χ1n) is 6.38. The first kappa shape index (κ1) is 15.7. The van der Waals surface area contributed by atoms with Crippen molar-refractivity contribution in [1.29, 1.82) is 0 Å². The van der Waals surface area contributed by atoms with Crippen LogP contribution in [-0.2, 0) is 6.18 Å². The number of rotatable bonds is 2. The van der Waals surface area contributed by atoms with Gasteiger partial charge in [0, 0.05) is 29.3 Å². The Kier molecular flexibility index (Phi) is 3.51. The van der Waals surface area contributed by atoms with Gasteiger partial charge >= 0.3 is 6.18 Å². The van der Waals surface area contributed by atoms with E-state index < -0.39 is 46.8 Å². The van der Waals surface area contributed by atoms with Gasteiger partial charge in [0.2, 0.25) is 0 Å². The largest absolute Gasteiger partial charge is 0.457 e. The average Bonchev–Trinajstić information content (AvgIpc) is 2.43. The molecule has 0 aliphatic heterocycles.